The Morgan fingerprint density at radius 3 is 1.85 bits per heavy atom. The largest absolute Gasteiger partial charge is 0.489 e. The maximum atomic E-state index is 8.81. The summed E-state index contributed by atoms with van der Waals surface area (Å²) in [6.45, 7) is 7.84. The van der Waals surface area contributed by atoms with Gasteiger partial charge in [0, 0.05) is 0 Å². The zero-order valence-corrected chi connectivity index (χ0v) is 14.1. The summed E-state index contributed by atoms with van der Waals surface area (Å²) in [7, 11) is 0. The van der Waals surface area contributed by atoms with Gasteiger partial charge < -0.3 is 9.47 Å². The van der Waals surface area contributed by atoms with Crippen LogP contribution in [0.15, 0.2) is 72.8 Å². The van der Waals surface area contributed by atoms with Gasteiger partial charge in [0.05, 0.1) is 18.2 Å². The first-order valence-corrected chi connectivity index (χ1v) is 8.08. The van der Waals surface area contributed by atoms with E-state index in [-0.39, 0.29) is 0 Å². The first-order chi connectivity index (χ1) is 12.8. The van der Waals surface area contributed by atoms with Gasteiger partial charge >= 0.3 is 0 Å². The highest BCUT2D eigenvalue weighted by molar-refractivity contribution is 5.47. The summed E-state index contributed by atoms with van der Waals surface area (Å²) in [6.07, 6.45) is 0. The zero-order valence-electron chi connectivity index (χ0n) is 14.1. The Labute approximate surface area is 152 Å². The summed E-state index contributed by atoms with van der Waals surface area (Å²) in [4.78, 5) is 3.36. The maximum absolute atomic E-state index is 8.81. The summed E-state index contributed by atoms with van der Waals surface area (Å²) in [5, 5.41) is 8.81. The van der Waals surface area contributed by atoms with Crippen molar-refractivity contribution < 1.29 is 9.47 Å². The number of ether oxygens (including phenoxy) is 2. The Morgan fingerprint density at radius 2 is 1.35 bits per heavy atom. The Hall–Kier alpha value is -3.76. The maximum Gasteiger partial charge on any atom is 0.187 e. The van der Waals surface area contributed by atoms with Gasteiger partial charge in [-0.15, -0.1) is 0 Å². The normalized spacial score (nSPS) is 9.77. The molecule has 3 rings (SSSR count). The number of hydrogen-bond acceptors (Lipinski definition) is 3. The lowest BCUT2D eigenvalue weighted by atomic mass is 10.1. The average molecular weight is 340 g/mol. The molecule has 4 nitrogen and oxygen atoms in total. The predicted octanol–water partition coefficient (Wildman–Crippen LogP) is 5.27. The molecule has 0 amide bonds. The summed E-state index contributed by atoms with van der Waals surface area (Å²) >= 11 is 0. The number of nitrogens with zero attached hydrogens (tertiary/aromatic N) is 2. The van der Waals surface area contributed by atoms with Crippen LogP contribution < -0.4 is 9.47 Å². The topological polar surface area (TPSA) is 46.6 Å². The van der Waals surface area contributed by atoms with E-state index in [0.29, 0.717) is 24.5 Å². The minimum atomic E-state index is 0.444. The fourth-order valence-electron chi connectivity index (χ4n) is 2.39. The van der Waals surface area contributed by atoms with Crippen molar-refractivity contribution in [2.24, 2.45) is 0 Å². The summed E-state index contributed by atoms with van der Waals surface area (Å²) in [5.41, 5.74) is 3.29. The number of nitriles is 1. The molecule has 0 aromatic heterocycles. The molecule has 0 spiro atoms. The van der Waals surface area contributed by atoms with Crippen molar-refractivity contribution in [1.82, 2.24) is 0 Å². The first kappa shape index (κ1) is 17.1. The minimum absolute atomic E-state index is 0.444. The number of benzene rings is 3. The molecule has 0 aliphatic rings. The first-order valence-electron chi connectivity index (χ1n) is 8.08. The zero-order chi connectivity index (χ0) is 18.2. The second-order valence-corrected chi connectivity index (χ2v) is 5.64. The smallest absolute Gasteiger partial charge is 0.187 e. The van der Waals surface area contributed by atoms with E-state index in [1.807, 2.05) is 24.3 Å². The van der Waals surface area contributed by atoms with E-state index in [1.54, 1.807) is 48.5 Å². The molecule has 0 aliphatic heterocycles. The van der Waals surface area contributed by atoms with Gasteiger partial charge in [-0.1, -0.05) is 30.3 Å². The molecule has 0 N–H and O–H groups in total. The third kappa shape index (κ3) is 4.63. The molecule has 0 heterocycles. The minimum Gasteiger partial charge on any atom is -0.489 e. The highest BCUT2D eigenvalue weighted by Crippen LogP contribution is 2.19. The Balaban J connectivity index is 1.57. The second kappa shape index (κ2) is 8.37. The van der Waals surface area contributed by atoms with Gasteiger partial charge in [0.2, 0.25) is 0 Å². The quantitative estimate of drug-likeness (QED) is 0.575. The molecule has 0 saturated heterocycles. The monoisotopic (exact) mass is 340 g/mol. The Bertz CT molecular complexity index is 872. The van der Waals surface area contributed by atoms with Gasteiger partial charge in [0.1, 0.15) is 24.7 Å². The van der Waals surface area contributed by atoms with Gasteiger partial charge in [0.25, 0.3) is 0 Å². The lowest BCUT2D eigenvalue weighted by molar-refractivity contribution is 0.300. The molecular formula is C22H16N2O2. The summed E-state index contributed by atoms with van der Waals surface area (Å²) < 4.78 is 11.5. The van der Waals surface area contributed by atoms with Crippen LogP contribution in [0.5, 0.6) is 11.5 Å². The molecule has 0 unspecified atom stereocenters. The fourth-order valence-corrected chi connectivity index (χ4v) is 2.39. The van der Waals surface area contributed by atoms with E-state index in [4.69, 9.17) is 21.3 Å². The Kier molecular flexibility index (Phi) is 5.50. The molecule has 0 fully saturated rings. The van der Waals surface area contributed by atoms with Crippen LogP contribution in [0.4, 0.5) is 5.69 Å². The lowest BCUT2D eigenvalue weighted by Crippen LogP contribution is -1.99. The molecule has 3 aromatic carbocycles. The van der Waals surface area contributed by atoms with Crippen molar-refractivity contribution in [3.8, 4) is 17.6 Å². The van der Waals surface area contributed by atoms with Crippen LogP contribution in [0, 0.1) is 17.9 Å². The standard InChI is InChI=1S/C22H16N2O2/c1-24-20-7-11-22(12-8-20)26-16-19-4-2-3-18(13-19)15-25-21-9-5-17(14-23)6-10-21/h2-13H,15-16H2. The third-order valence-electron chi connectivity index (χ3n) is 3.75. The van der Waals surface area contributed by atoms with Gasteiger partial charge in [-0.25, -0.2) is 4.85 Å². The van der Waals surface area contributed by atoms with E-state index < -0.39 is 0 Å². The average Bonchev–Trinajstić information content (AvgIpc) is 2.72. The van der Waals surface area contributed by atoms with Crippen molar-refractivity contribution in [3.05, 3.63) is 101 Å². The molecule has 0 atom stereocenters. The summed E-state index contributed by atoms with van der Waals surface area (Å²) in [6, 6.07) is 24.2. The van der Waals surface area contributed by atoms with Gasteiger partial charge in [-0.05, 0) is 53.6 Å². The van der Waals surface area contributed by atoms with Crippen molar-refractivity contribution in [2.75, 3.05) is 0 Å². The summed E-state index contributed by atoms with van der Waals surface area (Å²) in [5.74, 6) is 1.46. The molecule has 0 aliphatic carbocycles. The molecule has 0 bridgehead atoms. The third-order valence-corrected chi connectivity index (χ3v) is 3.75. The second-order valence-electron chi connectivity index (χ2n) is 5.64. The highest BCUT2D eigenvalue weighted by atomic mass is 16.5. The number of rotatable bonds is 6. The Morgan fingerprint density at radius 1 is 0.808 bits per heavy atom. The predicted molar refractivity (Wildman–Crippen MR) is 99.0 cm³/mol. The van der Waals surface area contributed by atoms with Crippen LogP contribution in [0.25, 0.3) is 4.85 Å². The molecule has 26 heavy (non-hydrogen) atoms. The van der Waals surface area contributed by atoms with Crippen LogP contribution in [0.1, 0.15) is 16.7 Å². The van der Waals surface area contributed by atoms with Gasteiger partial charge in [-0.3, -0.25) is 0 Å². The van der Waals surface area contributed by atoms with E-state index in [1.165, 1.54) is 0 Å². The van der Waals surface area contributed by atoms with Crippen LogP contribution in [-0.2, 0) is 13.2 Å². The SMILES string of the molecule is [C-]#[N+]c1ccc(OCc2cccc(COc3ccc(C#N)cc3)c2)cc1. The molecule has 4 heteroatoms. The van der Waals surface area contributed by atoms with Crippen molar-refractivity contribution in [2.45, 2.75) is 13.2 Å². The molecular weight excluding hydrogens is 324 g/mol. The van der Waals surface area contributed by atoms with Gasteiger partial charge in [-0.2, -0.15) is 5.26 Å². The molecule has 0 radical (unpaired) electrons. The number of hydrogen-bond donors (Lipinski definition) is 0. The van der Waals surface area contributed by atoms with E-state index in [0.717, 1.165) is 22.6 Å². The van der Waals surface area contributed by atoms with Crippen LogP contribution in [0.2, 0.25) is 0 Å². The van der Waals surface area contributed by atoms with Crippen molar-refractivity contribution >= 4 is 5.69 Å². The molecule has 0 saturated carbocycles. The van der Waals surface area contributed by atoms with Crippen molar-refractivity contribution in [3.63, 3.8) is 0 Å². The van der Waals surface area contributed by atoms with E-state index in [2.05, 4.69) is 10.9 Å². The van der Waals surface area contributed by atoms with Crippen LogP contribution in [-0.4, -0.2) is 0 Å². The van der Waals surface area contributed by atoms with Crippen LogP contribution >= 0.6 is 0 Å². The fraction of sp³-hybridized carbons (Fsp3) is 0.0909. The molecule has 126 valence electrons. The lowest BCUT2D eigenvalue weighted by Gasteiger charge is -2.09. The van der Waals surface area contributed by atoms with Crippen LogP contribution in [0.3, 0.4) is 0 Å². The highest BCUT2D eigenvalue weighted by Gasteiger charge is 2.01. The van der Waals surface area contributed by atoms with Crippen molar-refractivity contribution in [1.29, 1.82) is 5.26 Å². The van der Waals surface area contributed by atoms with Gasteiger partial charge in [0.15, 0.2) is 5.69 Å². The van der Waals surface area contributed by atoms with E-state index >= 15 is 0 Å². The molecule has 3 aromatic rings. The van der Waals surface area contributed by atoms with E-state index in [9.17, 15) is 0 Å².